The quantitative estimate of drug-likeness (QED) is 0.747. The summed E-state index contributed by atoms with van der Waals surface area (Å²) < 4.78 is 7.61. The van der Waals surface area contributed by atoms with Crippen molar-refractivity contribution in [3.05, 3.63) is 11.1 Å². The molecule has 102 valence electrons. The summed E-state index contributed by atoms with van der Waals surface area (Å²) in [5.74, 6) is 1.77. The molecule has 0 aromatic carbocycles. The Bertz CT molecular complexity index is 393. The molecule has 1 aromatic heterocycles. The van der Waals surface area contributed by atoms with Gasteiger partial charge in [0.15, 0.2) is 0 Å². The van der Waals surface area contributed by atoms with E-state index in [9.17, 15) is 0 Å². The van der Waals surface area contributed by atoms with E-state index < -0.39 is 0 Å². The van der Waals surface area contributed by atoms with Crippen molar-refractivity contribution < 1.29 is 4.74 Å². The molecule has 1 aromatic rings. The molecule has 2 rings (SSSR count). The van der Waals surface area contributed by atoms with Crippen LogP contribution in [0.4, 0.5) is 0 Å². The first-order valence-electron chi connectivity index (χ1n) is 6.65. The minimum Gasteiger partial charge on any atom is -0.381 e. The molecule has 1 aliphatic carbocycles. The molecule has 18 heavy (non-hydrogen) atoms. The molecule has 0 aliphatic heterocycles. The largest absolute Gasteiger partial charge is 0.381 e. The van der Waals surface area contributed by atoms with Crippen LogP contribution in [0.1, 0.15) is 45.9 Å². The lowest BCUT2D eigenvalue weighted by Gasteiger charge is -2.18. The van der Waals surface area contributed by atoms with Gasteiger partial charge in [0.1, 0.15) is 5.82 Å². The molecule has 1 aliphatic rings. The van der Waals surface area contributed by atoms with E-state index in [0.717, 1.165) is 37.9 Å². The lowest BCUT2D eigenvalue weighted by atomic mass is 9.96. The van der Waals surface area contributed by atoms with Gasteiger partial charge >= 0.3 is 0 Å². The molecule has 1 saturated carbocycles. The molecule has 0 unspecified atom stereocenters. The van der Waals surface area contributed by atoms with Crippen LogP contribution in [0.15, 0.2) is 0 Å². The number of aromatic nitrogens is 3. The normalized spacial score (nSPS) is 16.2. The second kappa shape index (κ2) is 5.57. The van der Waals surface area contributed by atoms with Gasteiger partial charge in [-0.3, -0.25) is 0 Å². The topological polar surface area (TPSA) is 39.9 Å². The molecule has 0 spiro atoms. The van der Waals surface area contributed by atoms with E-state index in [0.29, 0.717) is 5.28 Å². The number of nitrogens with zero attached hydrogens (tertiary/aromatic N) is 3. The van der Waals surface area contributed by atoms with Crippen LogP contribution >= 0.6 is 11.6 Å². The molecule has 0 saturated heterocycles. The van der Waals surface area contributed by atoms with E-state index in [1.165, 1.54) is 12.8 Å². The molecule has 5 heteroatoms. The van der Waals surface area contributed by atoms with Crippen molar-refractivity contribution >= 4 is 11.6 Å². The molecule has 0 N–H and O–H groups in total. The maximum absolute atomic E-state index is 6.07. The van der Waals surface area contributed by atoms with E-state index in [4.69, 9.17) is 16.3 Å². The Kier molecular flexibility index (Phi) is 4.28. The van der Waals surface area contributed by atoms with Crippen LogP contribution in [-0.4, -0.2) is 28.0 Å². The monoisotopic (exact) mass is 271 g/mol. The van der Waals surface area contributed by atoms with Crippen LogP contribution in [0.3, 0.4) is 0 Å². The van der Waals surface area contributed by atoms with Crippen LogP contribution in [0, 0.1) is 5.92 Å². The summed E-state index contributed by atoms with van der Waals surface area (Å²) in [6.45, 7) is 8.88. The summed E-state index contributed by atoms with van der Waals surface area (Å²) in [6.07, 6.45) is 3.63. The highest BCUT2D eigenvalue weighted by Crippen LogP contribution is 2.28. The lowest BCUT2D eigenvalue weighted by Crippen LogP contribution is -2.20. The van der Waals surface area contributed by atoms with Crippen LogP contribution < -0.4 is 0 Å². The second-order valence-electron chi connectivity index (χ2n) is 6.07. The summed E-state index contributed by atoms with van der Waals surface area (Å²) in [5.41, 5.74) is -0.0327. The molecule has 4 nitrogen and oxygen atoms in total. The highest BCUT2D eigenvalue weighted by molar-refractivity contribution is 6.28. The summed E-state index contributed by atoms with van der Waals surface area (Å²) in [5, 5.41) is 8.60. The zero-order chi connectivity index (χ0) is 13.2. The first-order valence-corrected chi connectivity index (χ1v) is 7.03. The summed E-state index contributed by atoms with van der Waals surface area (Å²) >= 11 is 6.07. The molecule has 0 bridgehead atoms. The van der Waals surface area contributed by atoms with E-state index in [1.807, 2.05) is 4.57 Å². The SMILES string of the molecule is CC(C)(C)c1nnc(Cl)n1CCCOCC1CC1. The molecule has 0 amide bonds. The fourth-order valence-electron chi connectivity index (χ4n) is 1.90. The van der Waals surface area contributed by atoms with Crippen molar-refractivity contribution in [1.29, 1.82) is 0 Å². The minimum absolute atomic E-state index is 0.0327. The Morgan fingerprint density at radius 3 is 2.67 bits per heavy atom. The molecule has 1 heterocycles. The predicted octanol–water partition coefficient (Wildman–Crippen LogP) is 3.05. The number of hydrogen-bond donors (Lipinski definition) is 0. The minimum atomic E-state index is -0.0327. The standard InChI is InChI=1S/C13H22ClN3O/c1-13(2,3)11-15-16-12(14)17(11)7-4-8-18-9-10-5-6-10/h10H,4-9H2,1-3H3. The zero-order valence-electron chi connectivity index (χ0n) is 11.4. The molecule has 0 atom stereocenters. The van der Waals surface area contributed by atoms with Crippen molar-refractivity contribution in [1.82, 2.24) is 14.8 Å². The molecule has 1 fully saturated rings. The summed E-state index contributed by atoms with van der Waals surface area (Å²) in [4.78, 5) is 0. The van der Waals surface area contributed by atoms with Crippen molar-refractivity contribution in [3.8, 4) is 0 Å². The van der Waals surface area contributed by atoms with Gasteiger partial charge in [0, 0.05) is 25.2 Å². The van der Waals surface area contributed by atoms with E-state index in [1.54, 1.807) is 0 Å². The Labute approximate surface area is 114 Å². The number of ether oxygens (including phenoxy) is 1. The molecular formula is C13H22ClN3O. The lowest BCUT2D eigenvalue weighted by molar-refractivity contribution is 0.119. The van der Waals surface area contributed by atoms with Crippen molar-refractivity contribution in [2.24, 2.45) is 5.92 Å². The Hall–Kier alpha value is -0.610. The van der Waals surface area contributed by atoms with Gasteiger partial charge in [-0.2, -0.15) is 0 Å². The van der Waals surface area contributed by atoms with Crippen LogP contribution in [0.25, 0.3) is 0 Å². The maximum Gasteiger partial charge on any atom is 0.225 e. The Balaban J connectivity index is 1.81. The van der Waals surface area contributed by atoms with Gasteiger partial charge in [0.25, 0.3) is 0 Å². The number of hydrogen-bond acceptors (Lipinski definition) is 3. The fourth-order valence-corrected chi connectivity index (χ4v) is 2.10. The third-order valence-electron chi connectivity index (χ3n) is 3.10. The van der Waals surface area contributed by atoms with Gasteiger partial charge in [0.2, 0.25) is 5.28 Å². The maximum atomic E-state index is 6.07. The van der Waals surface area contributed by atoms with Crippen molar-refractivity contribution in [3.63, 3.8) is 0 Å². The van der Waals surface area contributed by atoms with E-state index in [-0.39, 0.29) is 5.41 Å². The fraction of sp³-hybridized carbons (Fsp3) is 0.846. The third-order valence-corrected chi connectivity index (χ3v) is 3.38. The van der Waals surface area contributed by atoms with Gasteiger partial charge in [-0.15, -0.1) is 10.2 Å². The molecule has 0 radical (unpaired) electrons. The molecular weight excluding hydrogens is 250 g/mol. The highest BCUT2D eigenvalue weighted by atomic mass is 35.5. The van der Waals surface area contributed by atoms with Gasteiger partial charge in [-0.25, -0.2) is 0 Å². The Morgan fingerprint density at radius 1 is 1.33 bits per heavy atom. The van der Waals surface area contributed by atoms with Gasteiger partial charge < -0.3 is 9.30 Å². The Morgan fingerprint density at radius 2 is 2.06 bits per heavy atom. The van der Waals surface area contributed by atoms with E-state index in [2.05, 4.69) is 31.0 Å². The second-order valence-corrected chi connectivity index (χ2v) is 6.40. The summed E-state index contributed by atoms with van der Waals surface area (Å²) in [6, 6.07) is 0. The first kappa shape index (κ1) is 13.8. The highest BCUT2D eigenvalue weighted by Gasteiger charge is 2.23. The average Bonchev–Trinajstić information content (AvgIpc) is 3.01. The number of rotatable bonds is 6. The van der Waals surface area contributed by atoms with Gasteiger partial charge in [-0.05, 0) is 36.8 Å². The third kappa shape index (κ3) is 3.69. The van der Waals surface area contributed by atoms with Crippen molar-refractivity contribution in [2.75, 3.05) is 13.2 Å². The smallest absolute Gasteiger partial charge is 0.225 e. The predicted molar refractivity (Wildman–Crippen MR) is 71.9 cm³/mol. The summed E-state index contributed by atoms with van der Waals surface area (Å²) in [7, 11) is 0. The van der Waals surface area contributed by atoms with Crippen LogP contribution in [0.2, 0.25) is 5.28 Å². The van der Waals surface area contributed by atoms with Crippen LogP contribution in [-0.2, 0) is 16.7 Å². The van der Waals surface area contributed by atoms with Crippen molar-refractivity contribution in [2.45, 2.75) is 52.0 Å². The van der Waals surface area contributed by atoms with E-state index >= 15 is 0 Å². The number of halogens is 1. The first-order chi connectivity index (χ1) is 8.48. The zero-order valence-corrected chi connectivity index (χ0v) is 12.2. The van der Waals surface area contributed by atoms with Gasteiger partial charge in [-0.1, -0.05) is 20.8 Å². The average molecular weight is 272 g/mol. The van der Waals surface area contributed by atoms with Crippen LogP contribution in [0.5, 0.6) is 0 Å². The van der Waals surface area contributed by atoms with Gasteiger partial charge in [0.05, 0.1) is 0 Å².